The Morgan fingerprint density at radius 2 is 2.24 bits per heavy atom. The lowest BCUT2D eigenvalue weighted by Gasteiger charge is -2.09. The Kier molecular flexibility index (Phi) is 3.11. The minimum Gasteiger partial charge on any atom is -0.397 e. The molecule has 17 heavy (non-hydrogen) atoms. The van der Waals surface area contributed by atoms with Crippen LogP contribution in [0.3, 0.4) is 0 Å². The van der Waals surface area contributed by atoms with E-state index in [1.807, 2.05) is 6.92 Å². The molecule has 0 radical (unpaired) electrons. The quantitative estimate of drug-likeness (QED) is 0.713. The van der Waals surface area contributed by atoms with Crippen LogP contribution in [0.25, 0.3) is 0 Å². The Balaban J connectivity index is 2.02. The Hall–Kier alpha value is -1.49. The van der Waals surface area contributed by atoms with Crippen LogP contribution < -0.4 is 16.4 Å². The lowest BCUT2D eigenvalue weighted by atomic mass is 10.2. The summed E-state index contributed by atoms with van der Waals surface area (Å²) < 4.78 is 13.4. The van der Waals surface area contributed by atoms with Crippen LogP contribution in [0.2, 0.25) is 5.02 Å². The average molecular weight is 258 g/mol. The monoisotopic (exact) mass is 257 g/mol. The van der Waals surface area contributed by atoms with Gasteiger partial charge in [0.2, 0.25) is 0 Å². The molecule has 0 aliphatic heterocycles. The van der Waals surface area contributed by atoms with Crippen molar-refractivity contribution in [2.24, 2.45) is 5.92 Å². The van der Waals surface area contributed by atoms with E-state index in [0.717, 1.165) is 12.5 Å². The van der Waals surface area contributed by atoms with Crippen molar-refractivity contribution in [1.82, 2.24) is 5.32 Å². The molecule has 2 rings (SSSR count). The topological polar surface area (TPSA) is 67.2 Å². The van der Waals surface area contributed by atoms with Crippen LogP contribution in [0.15, 0.2) is 12.1 Å². The van der Waals surface area contributed by atoms with Gasteiger partial charge in [0.15, 0.2) is 0 Å². The lowest BCUT2D eigenvalue weighted by molar-refractivity contribution is 0.251. The van der Waals surface area contributed by atoms with Gasteiger partial charge in [-0.05, 0) is 24.5 Å². The molecule has 0 heterocycles. The minimum atomic E-state index is -0.608. The number of halogens is 2. The van der Waals surface area contributed by atoms with Gasteiger partial charge in [0.25, 0.3) is 0 Å². The van der Waals surface area contributed by atoms with Gasteiger partial charge in [-0.3, -0.25) is 0 Å². The number of nitrogens with one attached hydrogen (secondary N) is 2. The maximum atomic E-state index is 13.4. The molecule has 0 aromatic heterocycles. The molecule has 1 aromatic carbocycles. The molecule has 1 aromatic rings. The normalized spacial score (nSPS) is 22.1. The Morgan fingerprint density at radius 3 is 2.82 bits per heavy atom. The number of nitrogen functional groups attached to an aromatic ring is 1. The molecule has 0 saturated heterocycles. The summed E-state index contributed by atoms with van der Waals surface area (Å²) in [6.45, 7) is 2.03. The number of hydrogen-bond donors (Lipinski definition) is 3. The first-order valence-corrected chi connectivity index (χ1v) is 5.67. The van der Waals surface area contributed by atoms with Crippen molar-refractivity contribution < 1.29 is 9.18 Å². The van der Waals surface area contributed by atoms with Crippen molar-refractivity contribution >= 4 is 29.0 Å². The summed E-state index contributed by atoms with van der Waals surface area (Å²) in [6.07, 6.45) is 0.957. The molecule has 2 amide bonds. The molecule has 1 aliphatic rings. The van der Waals surface area contributed by atoms with Crippen LogP contribution in [0.4, 0.5) is 20.6 Å². The van der Waals surface area contributed by atoms with E-state index in [0.29, 0.717) is 5.92 Å². The summed E-state index contributed by atoms with van der Waals surface area (Å²) >= 11 is 5.64. The molecule has 0 spiro atoms. The van der Waals surface area contributed by atoms with Crippen molar-refractivity contribution in [1.29, 1.82) is 0 Å². The van der Waals surface area contributed by atoms with Gasteiger partial charge < -0.3 is 16.4 Å². The van der Waals surface area contributed by atoms with Crippen LogP contribution in [0, 0.1) is 11.7 Å². The van der Waals surface area contributed by atoms with Gasteiger partial charge in [0.05, 0.1) is 16.4 Å². The molecule has 0 bridgehead atoms. The molecular formula is C11H13ClFN3O. The molecule has 1 fully saturated rings. The van der Waals surface area contributed by atoms with E-state index in [9.17, 15) is 9.18 Å². The van der Waals surface area contributed by atoms with Crippen molar-refractivity contribution in [3.63, 3.8) is 0 Å². The Morgan fingerprint density at radius 1 is 1.59 bits per heavy atom. The molecule has 1 saturated carbocycles. The number of urea groups is 1. The molecule has 4 nitrogen and oxygen atoms in total. The third-order valence-electron chi connectivity index (χ3n) is 2.76. The molecule has 2 atom stereocenters. The van der Waals surface area contributed by atoms with Crippen LogP contribution in [-0.4, -0.2) is 12.1 Å². The molecule has 4 N–H and O–H groups in total. The summed E-state index contributed by atoms with van der Waals surface area (Å²) in [4.78, 5) is 11.5. The summed E-state index contributed by atoms with van der Waals surface area (Å²) in [5.74, 6) is -0.121. The SMILES string of the molecule is CC1CC1NC(=O)Nc1cc(N)c(Cl)cc1F. The summed E-state index contributed by atoms with van der Waals surface area (Å²) in [6, 6.07) is 2.13. The highest BCUT2D eigenvalue weighted by Crippen LogP contribution is 2.29. The largest absolute Gasteiger partial charge is 0.397 e. The molecule has 1 aliphatic carbocycles. The smallest absolute Gasteiger partial charge is 0.319 e. The number of rotatable bonds is 2. The molecular weight excluding hydrogens is 245 g/mol. The van der Waals surface area contributed by atoms with Crippen molar-refractivity contribution in [2.75, 3.05) is 11.1 Å². The van der Waals surface area contributed by atoms with Crippen LogP contribution >= 0.6 is 11.6 Å². The fourth-order valence-electron chi connectivity index (χ4n) is 1.51. The lowest BCUT2D eigenvalue weighted by Crippen LogP contribution is -2.31. The van der Waals surface area contributed by atoms with Crippen molar-refractivity contribution in [2.45, 2.75) is 19.4 Å². The van der Waals surface area contributed by atoms with Gasteiger partial charge in [-0.15, -0.1) is 0 Å². The number of nitrogens with two attached hydrogens (primary N) is 1. The number of carbonyl (C=O) groups excluding carboxylic acids is 1. The molecule has 2 unspecified atom stereocenters. The highest BCUT2D eigenvalue weighted by Gasteiger charge is 2.33. The molecule has 92 valence electrons. The maximum absolute atomic E-state index is 13.4. The van der Waals surface area contributed by atoms with Crippen LogP contribution in [0.5, 0.6) is 0 Å². The first-order chi connectivity index (χ1) is 7.97. The van der Waals surface area contributed by atoms with Gasteiger partial charge in [0, 0.05) is 6.04 Å². The fraction of sp³-hybridized carbons (Fsp3) is 0.364. The maximum Gasteiger partial charge on any atom is 0.319 e. The highest BCUT2D eigenvalue weighted by atomic mass is 35.5. The van der Waals surface area contributed by atoms with Crippen LogP contribution in [0.1, 0.15) is 13.3 Å². The molecule has 6 heteroatoms. The number of benzene rings is 1. The number of amides is 2. The van der Waals surface area contributed by atoms with E-state index >= 15 is 0 Å². The average Bonchev–Trinajstić information content (AvgIpc) is 2.90. The van der Waals surface area contributed by atoms with E-state index in [-0.39, 0.29) is 22.4 Å². The predicted molar refractivity (Wildman–Crippen MR) is 65.5 cm³/mol. The Labute approximate surface area is 103 Å². The zero-order chi connectivity index (χ0) is 12.6. The highest BCUT2D eigenvalue weighted by molar-refractivity contribution is 6.33. The van der Waals surface area contributed by atoms with Crippen molar-refractivity contribution in [3.05, 3.63) is 23.0 Å². The van der Waals surface area contributed by atoms with E-state index < -0.39 is 11.8 Å². The summed E-state index contributed by atoms with van der Waals surface area (Å²) in [5.41, 5.74) is 5.78. The second kappa shape index (κ2) is 4.41. The number of carbonyl (C=O) groups is 1. The van der Waals surface area contributed by atoms with Gasteiger partial charge in [0.1, 0.15) is 5.82 Å². The van der Waals surface area contributed by atoms with E-state index in [1.54, 1.807) is 0 Å². The fourth-order valence-corrected chi connectivity index (χ4v) is 1.66. The van der Waals surface area contributed by atoms with Gasteiger partial charge in [-0.25, -0.2) is 9.18 Å². The first-order valence-electron chi connectivity index (χ1n) is 5.29. The van der Waals surface area contributed by atoms with E-state index in [4.69, 9.17) is 17.3 Å². The first kappa shape index (κ1) is 12.0. The zero-order valence-electron chi connectivity index (χ0n) is 9.26. The van der Waals surface area contributed by atoms with Crippen LogP contribution in [-0.2, 0) is 0 Å². The predicted octanol–water partition coefficient (Wildman–Crippen LogP) is 2.59. The number of anilines is 2. The van der Waals surface area contributed by atoms with Gasteiger partial charge in [-0.2, -0.15) is 0 Å². The van der Waals surface area contributed by atoms with Gasteiger partial charge >= 0.3 is 6.03 Å². The van der Waals surface area contributed by atoms with Crippen molar-refractivity contribution in [3.8, 4) is 0 Å². The second-order valence-electron chi connectivity index (χ2n) is 4.27. The van der Waals surface area contributed by atoms with E-state index in [1.165, 1.54) is 6.07 Å². The second-order valence-corrected chi connectivity index (χ2v) is 4.68. The zero-order valence-corrected chi connectivity index (χ0v) is 10.0. The van der Waals surface area contributed by atoms with Gasteiger partial charge in [-0.1, -0.05) is 18.5 Å². The summed E-state index contributed by atoms with van der Waals surface area (Å²) in [7, 11) is 0. The summed E-state index contributed by atoms with van der Waals surface area (Å²) in [5, 5.41) is 5.26. The Bertz CT molecular complexity index is 466. The number of hydrogen-bond acceptors (Lipinski definition) is 2. The third-order valence-corrected chi connectivity index (χ3v) is 3.09. The standard InChI is InChI=1S/C11H13ClFN3O/c1-5-2-9(5)15-11(17)16-10-4-8(14)6(12)3-7(10)13/h3-5,9H,2,14H2,1H3,(H2,15,16,17). The third kappa shape index (κ3) is 2.79. The minimum absolute atomic E-state index is 0.0257. The van der Waals surface area contributed by atoms with E-state index in [2.05, 4.69) is 10.6 Å².